The second-order valence-corrected chi connectivity index (χ2v) is 5.54. The highest BCUT2D eigenvalue weighted by atomic mass is 15.2. The average Bonchev–Trinajstić information content (AvgIpc) is 2.99. The number of fused-ring (bicyclic) bond motifs is 1. The van der Waals surface area contributed by atoms with Gasteiger partial charge in [0.15, 0.2) is 5.65 Å². The molecule has 106 valence electrons. The number of aromatic amines is 1. The normalized spacial score (nSPS) is 15.5. The van der Waals surface area contributed by atoms with Crippen molar-refractivity contribution in [3.05, 3.63) is 42.5 Å². The highest BCUT2D eigenvalue weighted by Crippen LogP contribution is 2.23. The average molecular weight is 278 g/mol. The van der Waals surface area contributed by atoms with E-state index in [0.29, 0.717) is 0 Å². The number of imidazole rings is 1. The van der Waals surface area contributed by atoms with Gasteiger partial charge in [0.1, 0.15) is 11.6 Å². The Morgan fingerprint density at radius 2 is 1.67 bits per heavy atom. The van der Waals surface area contributed by atoms with Gasteiger partial charge in [-0.2, -0.15) is 0 Å². The molecule has 0 aliphatic carbocycles. The fourth-order valence-corrected chi connectivity index (χ4v) is 2.91. The Morgan fingerprint density at radius 3 is 2.48 bits per heavy atom. The van der Waals surface area contributed by atoms with E-state index in [1.165, 1.54) is 19.3 Å². The Bertz CT molecular complexity index is 742. The van der Waals surface area contributed by atoms with E-state index in [4.69, 9.17) is 4.98 Å². The molecule has 3 heterocycles. The van der Waals surface area contributed by atoms with Crippen molar-refractivity contribution in [3.8, 4) is 11.4 Å². The molecule has 3 aromatic rings. The van der Waals surface area contributed by atoms with E-state index in [1.54, 1.807) is 0 Å². The molecule has 0 unspecified atom stereocenters. The summed E-state index contributed by atoms with van der Waals surface area (Å²) in [5, 5.41) is 0. The van der Waals surface area contributed by atoms with Gasteiger partial charge in [-0.05, 0) is 31.4 Å². The summed E-state index contributed by atoms with van der Waals surface area (Å²) in [7, 11) is 0. The van der Waals surface area contributed by atoms with Crippen LogP contribution < -0.4 is 4.90 Å². The molecular weight excluding hydrogens is 260 g/mol. The van der Waals surface area contributed by atoms with Crippen LogP contribution in [0.5, 0.6) is 0 Å². The van der Waals surface area contributed by atoms with Crippen molar-refractivity contribution in [1.29, 1.82) is 0 Å². The fourth-order valence-electron chi connectivity index (χ4n) is 2.91. The zero-order valence-electron chi connectivity index (χ0n) is 11.9. The number of nitrogens with one attached hydrogen (secondary N) is 1. The maximum absolute atomic E-state index is 4.73. The first-order valence-electron chi connectivity index (χ1n) is 7.57. The van der Waals surface area contributed by atoms with Crippen LogP contribution in [0.4, 0.5) is 5.82 Å². The highest BCUT2D eigenvalue weighted by Gasteiger charge is 2.14. The molecule has 1 saturated heterocycles. The first-order valence-corrected chi connectivity index (χ1v) is 7.57. The van der Waals surface area contributed by atoms with Crippen molar-refractivity contribution in [2.24, 2.45) is 0 Å². The number of rotatable bonds is 2. The minimum absolute atomic E-state index is 0.803. The smallest absolute Gasteiger partial charge is 0.180 e. The van der Waals surface area contributed by atoms with Crippen molar-refractivity contribution < 1.29 is 0 Å². The van der Waals surface area contributed by atoms with Gasteiger partial charge in [-0.15, -0.1) is 0 Å². The van der Waals surface area contributed by atoms with Gasteiger partial charge in [0.25, 0.3) is 0 Å². The molecule has 0 spiro atoms. The minimum atomic E-state index is 0.803. The van der Waals surface area contributed by atoms with Crippen LogP contribution in [0.2, 0.25) is 0 Å². The van der Waals surface area contributed by atoms with Gasteiger partial charge in [-0.3, -0.25) is 0 Å². The zero-order valence-corrected chi connectivity index (χ0v) is 11.9. The molecule has 2 aromatic heterocycles. The Morgan fingerprint density at radius 1 is 0.857 bits per heavy atom. The number of H-pyrrole nitrogens is 1. The van der Waals surface area contributed by atoms with Crippen LogP contribution in [0.25, 0.3) is 22.6 Å². The monoisotopic (exact) mass is 278 g/mol. The van der Waals surface area contributed by atoms with Crippen molar-refractivity contribution >= 4 is 17.0 Å². The summed E-state index contributed by atoms with van der Waals surface area (Å²) in [6, 6.07) is 14.4. The number of pyridine rings is 1. The van der Waals surface area contributed by atoms with E-state index < -0.39 is 0 Å². The van der Waals surface area contributed by atoms with Crippen molar-refractivity contribution in [1.82, 2.24) is 15.0 Å². The number of hydrogen-bond acceptors (Lipinski definition) is 3. The van der Waals surface area contributed by atoms with Gasteiger partial charge in [0, 0.05) is 18.7 Å². The zero-order chi connectivity index (χ0) is 14.1. The van der Waals surface area contributed by atoms with E-state index in [9.17, 15) is 0 Å². The molecule has 1 aliphatic heterocycles. The summed E-state index contributed by atoms with van der Waals surface area (Å²) in [6.45, 7) is 2.21. The fraction of sp³-hybridized carbons (Fsp3) is 0.294. The van der Waals surface area contributed by atoms with Crippen molar-refractivity contribution in [2.45, 2.75) is 19.3 Å². The lowest BCUT2D eigenvalue weighted by atomic mass is 10.1. The Hall–Kier alpha value is -2.36. The van der Waals surface area contributed by atoms with Crippen LogP contribution in [0.3, 0.4) is 0 Å². The highest BCUT2D eigenvalue weighted by molar-refractivity contribution is 5.77. The topological polar surface area (TPSA) is 44.8 Å². The third-order valence-electron chi connectivity index (χ3n) is 4.06. The van der Waals surface area contributed by atoms with Crippen LogP contribution in [-0.2, 0) is 0 Å². The second-order valence-electron chi connectivity index (χ2n) is 5.54. The van der Waals surface area contributed by atoms with Gasteiger partial charge in [0.2, 0.25) is 0 Å². The molecule has 1 N–H and O–H groups in total. The first-order chi connectivity index (χ1) is 10.4. The maximum atomic E-state index is 4.73. The summed E-state index contributed by atoms with van der Waals surface area (Å²) in [5.74, 6) is 1.93. The van der Waals surface area contributed by atoms with Crippen LogP contribution in [-0.4, -0.2) is 28.0 Å². The summed E-state index contributed by atoms with van der Waals surface area (Å²) in [4.78, 5) is 15.1. The van der Waals surface area contributed by atoms with Crippen LogP contribution in [0.15, 0.2) is 42.5 Å². The lowest BCUT2D eigenvalue weighted by molar-refractivity contribution is 0.574. The quantitative estimate of drug-likeness (QED) is 0.778. The van der Waals surface area contributed by atoms with Crippen LogP contribution >= 0.6 is 0 Å². The molecule has 0 amide bonds. The summed E-state index contributed by atoms with van der Waals surface area (Å²) in [5.41, 5.74) is 2.89. The van der Waals surface area contributed by atoms with Gasteiger partial charge >= 0.3 is 0 Å². The Labute approximate surface area is 123 Å². The predicted octanol–water partition coefficient (Wildman–Crippen LogP) is 3.62. The van der Waals surface area contributed by atoms with Crippen LogP contribution in [0, 0.1) is 0 Å². The van der Waals surface area contributed by atoms with Crippen LogP contribution in [0.1, 0.15) is 19.3 Å². The Kier molecular flexibility index (Phi) is 3.07. The number of aromatic nitrogens is 3. The Balaban J connectivity index is 1.71. The third-order valence-corrected chi connectivity index (χ3v) is 4.06. The van der Waals surface area contributed by atoms with E-state index in [2.05, 4.69) is 39.1 Å². The molecule has 0 atom stereocenters. The lowest BCUT2D eigenvalue weighted by Crippen LogP contribution is -2.30. The molecule has 21 heavy (non-hydrogen) atoms. The van der Waals surface area contributed by atoms with Gasteiger partial charge in [-0.1, -0.05) is 30.3 Å². The van der Waals surface area contributed by atoms with Gasteiger partial charge in [-0.25, -0.2) is 9.97 Å². The third kappa shape index (κ3) is 2.37. The summed E-state index contributed by atoms with van der Waals surface area (Å²) < 4.78 is 0. The van der Waals surface area contributed by atoms with E-state index in [-0.39, 0.29) is 0 Å². The molecule has 4 rings (SSSR count). The number of benzene rings is 1. The predicted molar refractivity (Wildman–Crippen MR) is 85.4 cm³/mol. The largest absolute Gasteiger partial charge is 0.357 e. The molecule has 0 bridgehead atoms. The molecule has 1 aliphatic rings. The molecule has 4 heteroatoms. The van der Waals surface area contributed by atoms with E-state index >= 15 is 0 Å². The number of hydrogen-bond donors (Lipinski definition) is 1. The molecule has 4 nitrogen and oxygen atoms in total. The molecule has 0 radical (unpaired) electrons. The summed E-state index contributed by atoms with van der Waals surface area (Å²) >= 11 is 0. The van der Waals surface area contributed by atoms with Gasteiger partial charge < -0.3 is 9.88 Å². The van der Waals surface area contributed by atoms with Crippen molar-refractivity contribution in [3.63, 3.8) is 0 Å². The molecule has 1 aromatic carbocycles. The maximum Gasteiger partial charge on any atom is 0.180 e. The van der Waals surface area contributed by atoms with Gasteiger partial charge in [0.05, 0.1) is 5.52 Å². The summed E-state index contributed by atoms with van der Waals surface area (Å²) in [6.07, 6.45) is 3.85. The van der Waals surface area contributed by atoms with E-state index in [0.717, 1.165) is 41.5 Å². The first kappa shape index (κ1) is 12.4. The number of nitrogens with zero attached hydrogens (tertiary/aromatic N) is 3. The number of anilines is 1. The SMILES string of the molecule is c1ccc(-c2nc3nc(N4CCCCC4)ccc3[nH]2)cc1. The standard InChI is InChI=1S/C17H18N4/c1-3-7-13(8-4-1)16-18-14-9-10-15(19-17(14)20-16)21-11-5-2-6-12-21/h1,3-4,7-10H,2,5-6,11-12H2,(H,18,19,20). The number of piperidine rings is 1. The minimum Gasteiger partial charge on any atom is -0.357 e. The molecule has 1 fully saturated rings. The van der Waals surface area contributed by atoms with Crippen molar-refractivity contribution in [2.75, 3.05) is 18.0 Å². The second kappa shape index (κ2) is 5.20. The lowest BCUT2D eigenvalue weighted by Gasteiger charge is -2.27. The molecule has 0 saturated carbocycles. The van der Waals surface area contributed by atoms with E-state index in [1.807, 2.05) is 18.2 Å². The molecular formula is C17H18N4.